The van der Waals surface area contributed by atoms with Crippen LogP contribution in [0.4, 0.5) is 0 Å². The van der Waals surface area contributed by atoms with Gasteiger partial charge in [-0.05, 0) is 82.8 Å². The summed E-state index contributed by atoms with van der Waals surface area (Å²) in [6, 6.07) is 15.4. The van der Waals surface area contributed by atoms with Crippen molar-refractivity contribution in [2.75, 3.05) is 0 Å². The van der Waals surface area contributed by atoms with Gasteiger partial charge in [0.1, 0.15) is 0 Å². The van der Waals surface area contributed by atoms with E-state index in [0.29, 0.717) is 5.92 Å². The molecule has 0 N–H and O–H groups in total. The predicted octanol–water partition coefficient (Wildman–Crippen LogP) is 7.03. The summed E-state index contributed by atoms with van der Waals surface area (Å²) in [4.78, 5) is 0. The van der Waals surface area contributed by atoms with E-state index in [1.165, 1.54) is 49.7 Å². The van der Waals surface area contributed by atoms with E-state index in [2.05, 4.69) is 83.2 Å². The highest BCUT2D eigenvalue weighted by atomic mass is 14.3. The van der Waals surface area contributed by atoms with Crippen LogP contribution in [0, 0.1) is 26.7 Å². The maximum absolute atomic E-state index is 2.47. The Labute approximate surface area is 151 Å². The largest absolute Gasteiger partial charge is 0.0626 e. The van der Waals surface area contributed by atoms with Crippen molar-refractivity contribution in [3.63, 3.8) is 0 Å². The van der Waals surface area contributed by atoms with Crippen molar-refractivity contribution in [2.45, 2.75) is 41.0 Å². The zero-order chi connectivity index (χ0) is 17.7. The highest BCUT2D eigenvalue weighted by molar-refractivity contribution is 6.00. The van der Waals surface area contributed by atoms with Crippen LogP contribution < -0.4 is 0 Å². The van der Waals surface area contributed by atoms with Crippen molar-refractivity contribution in [3.8, 4) is 11.1 Å². The van der Waals surface area contributed by atoms with Crippen LogP contribution in [0.5, 0.6) is 0 Å². The molecule has 0 nitrogen and oxygen atoms in total. The average molecular weight is 326 g/mol. The fourth-order valence-corrected chi connectivity index (χ4v) is 4.24. The monoisotopic (exact) mass is 326 g/mol. The van der Waals surface area contributed by atoms with Crippen LogP contribution in [0.2, 0.25) is 0 Å². The van der Waals surface area contributed by atoms with Gasteiger partial charge in [0.15, 0.2) is 0 Å². The Bertz CT molecular complexity index is 1010. The third kappa shape index (κ3) is 2.43. The Hall–Kier alpha value is -2.34. The summed E-state index contributed by atoms with van der Waals surface area (Å²) in [6.07, 6.45) is 3.58. The van der Waals surface area contributed by atoms with E-state index in [4.69, 9.17) is 0 Å². The first-order valence-electron chi connectivity index (χ1n) is 9.30. The molecule has 0 spiro atoms. The van der Waals surface area contributed by atoms with Crippen LogP contribution in [-0.2, 0) is 6.42 Å². The molecule has 1 aliphatic carbocycles. The van der Waals surface area contributed by atoms with Crippen molar-refractivity contribution in [2.24, 2.45) is 5.92 Å². The SMILES string of the molecule is Cc1c(C)c2c(c(-c3cccc4ccccc34)c1C)C=C(C(C)C)C2. The number of allylic oxidation sites excluding steroid dienone is 1. The van der Waals surface area contributed by atoms with Gasteiger partial charge in [0.05, 0.1) is 0 Å². The molecule has 0 fully saturated rings. The summed E-state index contributed by atoms with van der Waals surface area (Å²) in [5.41, 5.74) is 11.7. The first kappa shape index (κ1) is 16.1. The van der Waals surface area contributed by atoms with Crippen molar-refractivity contribution >= 4 is 16.8 Å². The van der Waals surface area contributed by atoms with Gasteiger partial charge >= 0.3 is 0 Å². The molecule has 4 rings (SSSR count). The molecule has 0 heterocycles. The molecule has 0 bridgehead atoms. The standard InChI is InChI=1S/C25H26/c1-15(2)20-13-23-17(4)16(3)18(5)25(24(23)14-20)22-12-8-10-19-9-6-7-11-21(19)22/h6-12,14-15H,13H2,1-5H3. The molecule has 126 valence electrons. The number of rotatable bonds is 2. The van der Waals surface area contributed by atoms with E-state index in [9.17, 15) is 0 Å². The smallest absolute Gasteiger partial charge is 0.00523 e. The lowest BCUT2D eigenvalue weighted by Gasteiger charge is -2.19. The first-order chi connectivity index (χ1) is 12.0. The van der Waals surface area contributed by atoms with Gasteiger partial charge in [0.2, 0.25) is 0 Å². The van der Waals surface area contributed by atoms with Gasteiger partial charge in [-0.2, -0.15) is 0 Å². The van der Waals surface area contributed by atoms with Crippen LogP contribution in [0.15, 0.2) is 48.0 Å². The summed E-state index contributed by atoms with van der Waals surface area (Å²) in [5.74, 6) is 0.604. The van der Waals surface area contributed by atoms with Gasteiger partial charge < -0.3 is 0 Å². The topological polar surface area (TPSA) is 0 Å². The minimum Gasteiger partial charge on any atom is -0.0626 e. The Morgan fingerprint density at radius 1 is 0.800 bits per heavy atom. The molecule has 0 saturated carbocycles. The molecule has 0 amide bonds. The zero-order valence-electron chi connectivity index (χ0n) is 15.9. The van der Waals surface area contributed by atoms with E-state index >= 15 is 0 Å². The highest BCUT2D eigenvalue weighted by Crippen LogP contribution is 2.43. The fraction of sp³-hybridized carbons (Fsp3) is 0.280. The Morgan fingerprint density at radius 2 is 1.52 bits per heavy atom. The molecule has 0 unspecified atom stereocenters. The molecule has 0 aromatic heterocycles. The maximum Gasteiger partial charge on any atom is -0.00523 e. The molecule has 0 saturated heterocycles. The highest BCUT2D eigenvalue weighted by Gasteiger charge is 2.24. The number of benzene rings is 3. The van der Waals surface area contributed by atoms with Crippen LogP contribution in [-0.4, -0.2) is 0 Å². The van der Waals surface area contributed by atoms with E-state index in [1.54, 1.807) is 5.57 Å². The van der Waals surface area contributed by atoms with Gasteiger partial charge in [0.25, 0.3) is 0 Å². The van der Waals surface area contributed by atoms with Crippen LogP contribution in [0.25, 0.3) is 28.0 Å². The van der Waals surface area contributed by atoms with Gasteiger partial charge in [0, 0.05) is 0 Å². The molecule has 0 atom stereocenters. The molecular weight excluding hydrogens is 300 g/mol. The Morgan fingerprint density at radius 3 is 2.28 bits per heavy atom. The minimum atomic E-state index is 0.604. The second-order valence-electron chi connectivity index (χ2n) is 7.72. The van der Waals surface area contributed by atoms with Crippen molar-refractivity contribution in [3.05, 3.63) is 75.9 Å². The van der Waals surface area contributed by atoms with Crippen LogP contribution >= 0.6 is 0 Å². The second-order valence-corrected chi connectivity index (χ2v) is 7.72. The van der Waals surface area contributed by atoms with E-state index in [-0.39, 0.29) is 0 Å². The van der Waals surface area contributed by atoms with Gasteiger partial charge in [-0.25, -0.2) is 0 Å². The van der Waals surface area contributed by atoms with Crippen molar-refractivity contribution < 1.29 is 0 Å². The van der Waals surface area contributed by atoms with E-state index < -0.39 is 0 Å². The summed E-state index contributed by atoms with van der Waals surface area (Å²) in [5, 5.41) is 2.67. The maximum atomic E-state index is 2.47. The van der Waals surface area contributed by atoms with E-state index in [0.717, 1.165) is 6.42 Å². The number of hydrogen-bond acceptors (Lipinski definition) is 0. The van der Waals surface area contributed by atoms with Gasteiger partial charge in [-0.3, -0.25) is 0 Å². The van der Waals surface area contributed by atoms with Crippen molar-refractivity contribution in [1.29, 1.82) is 0 Å². The molecule has 3 aromatic rings. The summed E-state index contributed by atoms with van der Waals surface area (Å²) < 4.78 is 0. The number of hydrogen-bond donors (Lipinski definition) is 0. The van der Waals surface area contributed by atoms with Crippen LogP contribution in [0.3, 0.4) is 0 Å². The molecule has 1 aliphatic rings. The van der Waals surface area contributed by atoms with E-state index in [1.807, 2.05) is 0 Å². The second kappa shape index (κ2) is 5.88. The van der Waals surface area contributed by atoms with Crippen LogP contribution in [0.1, 0.15) is 41.7 Å². The fourth-order valence-electron chi connectivity index (χ4n) is 4.24. The molecule has 0 heteroatoms. The summed E-state index contributed by atoms with van der Waals surface area (Å²) >= 11 is 0. The quantitative estimate of drug-likeness (QED) is 0.474. The average Bonchev–Trinajstić information content (AvgIpc) is 3.05. The molecule has 3 aromatic carbocycles. The van der Waals surface area contributed by atoms with Crippen molar-refractivity contribution in [1.82, 2.24) is 0 Å². The Balaban J connectivity index is 2.09. The molecule has 0 radical (unpaired) electrons. The lowest BCUT2D eigenvalue weighted by Crippen LogP contribution is -2.01. The zero-order valence-corrected chi connectivity index (χ0v) is 15.9. The molecular formula is C25H26. The molecule has 0 aliphatic heterocycles. The van der Waals surface area contributed by atoms with Gasteiger partial charge in [-0.15, -0.1) is 0 Å². The first-order valence-corrected chi connectivity index (χ1v) is 9.30. The summed E-state index contributed by atoms with van der Waals surface area (Å²) in [7, 11) is 0. The lowest BCUT2D eigenvalue weighted by molar-refractivity contribution is 0.753. The Kier molecular flexibility index (Phi) is 3.80. The summed E-state index contributed by atoms with van der Waals surface area (Å²) in [6.45, 7) is 11.5. The molecule has 25 heavy (non-hydrogen) atoms. The predicted molar refractivity (Wildman–Crippen MR) is 110 cm³/mol. The third-order valence-corrected chi connectivity index (χ3v) is 6.06. The minimum absolute atomic E-state index is 0.604. The van der Waals surface area contributed by atoms with Gasteiger partial charge in [-0.1, -0.05) is 68.0 Å². The lowest BCUT2D eigenvalue weighted by atomic mass is 9.84. The third-order valence-electron chi connectivity index (χ3n) is 6.06. The normalized spacial score (nSPS) is 13.4. The number of fused-ring (bicyclic) bond motifs is 2.